The lowest BCUT2D eigenvalue weighted by molar-refractivity contribution is -0.313. The van der Waals surface area contributed by atoms with Crippen LogP contribution in [-0.2, 0) is 9.53 Å². The Morgan fingerprint density at radius 1 is 1.44 bits per heavy atom. The molecule has 0 amide bonds. The summed E-state index contributed by atoms with van der Waals surface area (Å²) in [5.41, 5.74) is 0. The Hall–Kier alpha value is -1.85. The minimum absolute atomic E-state index is 0.260. The predicted molar refractivity (Wildman–Crippen MR) is 55.4 cm³/mol. The number of aliphatic hydroxyl groups excluding tert-OH is 1. The molecule has 0 aliphatic rings. The molecule has 0 aliphatic carbocycles. The van der Waals surface area contributed by atoms with E-state index in [1.165, 1.54) is 0 Å². The number of carbonyl (C=O) groups excluding carboxylic acids is 1. The van der Waals surface area contributed by atoms with Gasteiger partial charge in [-0.3, -0.25) is 0 Å². The minimum Gasteiger partial charge on any atom is -0.428 e. The molecule has 2 N–H and O–H groups in total. The Morgan fingerprint density at radius 2 is 2.06 bits per heavy atom. The van der Waals surface area contributed by atoms with E-state index in [-0.39, 0.29) is 5.75 Å². The third-order valence-corrected chi connectivity index (χ3v) is 1.65. The van der Waals surface area contributed by atoms with Crippen LogP contribution in [0.15, 0.2) is 43.0 Å². The average molecular weight is 224 g/mol. The third-order valence-electron chi connectivity index (χ3n) is 1.65. The molecule has 0 fully saturated rings. The van der Waals surface area contributed by atoms with Crippen molar-refractivity contribution >= 4 is 5.97 Å². The summed E-state index contributed by atoms with van der Waals surface area (Å²) in [6, 6.07) is 8.18. The molecule has 0 aliphatic heterocycles. The smallest absolute Gasteiger partial charge is 0.396 e. The van der Waals surface area contributed by atoms with E-state index in [9.17, 15) is 9.90 Å². The Bertz CT molecular complexity index is 362. The Morgan fingerprint density at radius 3 is 2.56 bits per heavy atom. The van der Waals surface area contributed by atoms with Crippen molar-refractivity contribution in [1.29, 1.82) is 0 Å². The van der Waals surface area contributed by atoms with Gasteiger partial charge in [-0.2, -0.15) is 0 Å². The van der Waals surface area contributed by atoms with Gasteiger partial charge in [-0.1, -0.05) is 24.8 Å². The summed E-state index contributed by atoms with van der Waals surface area (Å²) >= 11 is 0. The van der Waals surface area contributed by atoms with Gasteiger partial charge < -0.3 is 19.7 Å². The number of para-hydroxylation sites is 1. The van der Waals surface area contributed by atoms with Gasteiger partial charge in [0.15, 0.2) is 0 Å². The molecule has 0 aromatic heterocycles. The van der Waals surface area contributed by atoms with Gasteiger partial charge in [0.2, 0.25) is 0 Å². The van der Waals surface area contributed by atoms with Crippen LogP contribution < -0.4 is 4.74 Å². The molecule has 0 radical (unpaired) electrons. The van der Waals surface area contributed by atoms with Crippen LogP contribution in [-0.4, -0.2) is 28.8 Å². The van der Waals surface area contributed by atoms with Gasteiger partial charge in [0, 0.05) is 6.08 Å². The molecule has 5 heteroatoms. The van der Waals surface area contributed by atoms with Crippen molar-refractivity contribution in [2.45, 2.75) is 5.97 Å². The van der Waals surface area contributed by atoms with Crippen LogP contribution in [0.5, 0.6) is 5.75 Å². The molecule has 0 heterocycles. The van der Waals surface area contributed by atoms with Gasteiger partial charge in [-0.05, 0) is 12.1 Å². The molecule has 16 heavy (non-hydrogen) atoms. The number of rotatable bonds is 5. The number of hydrogen-bond acceptors (Lipinski definition) is 5. The molecule has 1 rings (SSSR count). The summed E-state index contributed by atoms with van der Waals surface area (Å²) in [7, 11) is 0. The molecule has 0 saturated carbocycles. The molecule has 1 aromatic carbocycles. The zero-order valence-corrected chi connectivity index (χ0v) is 8.50. The fourth-order valence-electron chi connectivity index (χ4n) is 0.957. The summed E-state index contributed by atoms with van der Waals surface area (Å²) in [5, 5.41) is 18.5. The maximum absolute atomic E-state index is 10.9. The quantitative estimate of drug-likeness (QED) is 0.431. The SMILES string of the molecule is C=CC(=O)OC(O)(CO)Oc1ccccc1. The lowest BCUT2D eigenvalue weighted by Gasteiger charge is -2.25. The predicted octanol–water partition coefficient (Wildman–Crippen LogP) is 0.433. The van der Waals surface area contributed by atoms with Crippen LogP contribution in [0.25, 0.3) is 0 Å². The van der Waals surface area contributed by atoms with E-state index in [1.807, 2.05) is 0 Å². The number of esters is 1. The number of hydrogen-bond donors (Lipinski definition) is 2. The molecule has 1 aromatic rings. The van der Waals surface area contributed by atoms with Crippen LogP contribution in [0.3, 0.4) is 0 Å². The van der Waals surface area contributed by atoms with E-state index < -0.39 is 18.5 Å². The number of aliphatic hydroxyl groups is 2. The van der Waals surface area contributed by atoms with E-state index in [4.69, 9.17) is 9.84 Å². The van der Waals surface area contributed by atoms with Crippen LogP contribution in [0.4, 0.5) is 0 Å². The van der Waals surface area contributed by atoms with E-state index in [1.54, 1.807) is 30.3 Å². The highest BCUT2D eigenvalue weighted by molar-refractivity contribution is 5.81. The lowest BCUT2D eigenvalue weighted by atomic mass is 10.3. The number of carbonyl (C=O) groups is 1. The Kier molecular flexibility index (Phi) is 4.04. The third kappa shape index (κ3) is 3.38. The minimum atomic E-state index is -2.40. The summed E-state index contributed by atoms with van der Waals surface area (Å²) in [6.45, 7) is 2.28. The highest BCUT2D eigenvalue weighted by Crippen LogP contribution is 2.17. The fourth-order valence-corrected chi connectivity index (χ4v) is 0.957. The number of benzene rings is 1. The lowest BCUT2D eigenvalue weighted by Crippen LogP contribution is -2.44. The van der Waals surface area contributed by atoms with E-state index >= 15 is 0 Å². The molecular formula is C11H12O5. The average Bonchev–Trinajstić information content (AvgIpc) is 2.30. The first-order valence-electron chi connectivity index (χ1n) is 4.52. The summed E-state index contributed by atoms with van der Waals surface area (Å²) < 4.78 is 9.40. The fraction of sp³-hybridized carbons (Fsp3) is 0.182. The van der Waals surface area contributed by atoms with Gasteiger partial charge in [0.25, 0.3) is 0 Å². The van der Waals surface area contributed by atoms with Crippen molar-refractivity contribution in [3.8, 4) is 5.75 Å². The van der Waals surface area contributed by atoms with Crippen molar-refractivity contribution < 1.29 is 24.5 Å². The molecule has 0 saturated heterocycles. The molecule has 1 atom stereocenters. The van der Waals surface area contributed by atoms with Crippen molar-refractivity contribution in [2.24, 2.45) is 0 Å². The molecular weight excluding hydrogens is 212 g/mol. The maximum Gasteiger partial charge on any atom is 0.396 e. The summed E-state index contributed by atoms with van der Waals surface area (Å²) in [4.78, 5) is 10.9. The highest BCUT2D eigenvalue weighted by Gasteiger charge is 2.33. The van der Waals surface area contributed by atoms with Gasteiger partial charge in [0.1, 0.15) is 12.4 Å². The Balaban J connectivity index is 2.73. The van der Waals surface area contributed by atoms with Crippen molar-refractivity contribution in [2.75, 3.05) is 6.61 Å². The van der Waals surface area contributed by atoms with Crippen LogP contribution in [0.2, 0.25) is 0 Å². The molecule has 0 spiro atoms. The Labute approximate surface area is 92.5 Å². The second-order valence-electron chi connectivity index (χ2n) is 2.91. The van der Waals surface area contributed by atoms with Crippen LogP contribution >= 0.6 is 0 Å². The van der Waals surface area contributed by atoms with Crippen LogP contribution in [0.1, 0.15) is 0 Å². The van der Waals surface area contributed by atoms with Gasteiger partial charge >= 0.3 is 11.9 Å². The second-order valence-corrected chi connectivity index (χ2v) is 2.91. The van der Waals surface area contributed by atoms with Crippen molar-refractivity contribution in [3.63, 3.8) is 0 Å². The zero-order valence-electron chi connectivity index (χ0n) is 8.50. The monoisotopic (exact) mass is 224 g/mol. The zero-order chi connectivity index (χ0) is 12.0. The van der Waals surface area contributed by atoms with E-state index in [2.05, 4.69) is 11.3 Å². The molecule has 5 nitrogen and oxygen atoms in total. The first kappa shape index (κ1) is 12.2. The van der Waals surface area contributed by atoms with Gasteiger partial charge in [-0.25, -0.2) is 4.79 Å². The first-order valence-corrected chi connectivity index (χ1v) is 4.52. The van der Waals surface area contributed by atoms with E-state index in [0.717, 1.165) is 6.08 Å². The van der Waals surface area contributed by atoms with Crippen molar-refractivity contribution in [1.82, 2.24) is 0 Å². The first-order chi connectivity index (χ1) is 7.59. The number of ether oxygens (including phenoxy) is 2. The van der Waals surface area contributed by atoms with Crippen molar-refractivity contribution in [3.05, 3.63) is 43.0 Å². The van der Waals surface area contributed by atoms with Crippen LogP contribution in [0, 0.1) is 0 Å². The normalized spacial score (nSPS) is 13.6. The summed E-state index contributed by atoms with van der Waals surface area (Å²) in [6.07, 6.45) is 0.856. The molecule has 86 valence electrons. The molecule has 1 unspecified atom stereocenters. The summed E-state index contributed by atoms with van der Waals surface area (Å²) in [5.74, 6) is -3.03. The topological polar surface area (TPSA) is 76.0 Å². The largest absolute Gasteiger partial charge is 0.428 e. The maximum atomic E-state index is 10.9. The highest BCUT2D eigenvalue weighted by atomic mass is 16.8. The van der Waals surface area contributed by atoms with E-state index in [0.29, 0.717) is 0 Å². The second kappa shape index (κ2) is 5.29. The van der Waals surface area contributed by atoms with Gasteiger partial charge in [-0.15, -0.1) is 0 Å². The standard InChI is InChI=1S/C11H12O5/c1-2-10(13)16-11(14,8-12)15-9-6-4-3-5-7-9/h2-7,12,14H,1,8H2. The molecule has 0 bridgehead atoms. The van der Waals surface area contributed by atoms with Gasteiger partial charge in [0.05, 0.1) is 0 Å².